The lowest BCUT2D eigenvalue weighted by atomic mass is 10.1. The molecule has 0 heterocycles. The minimum Gasteiger partial charge on any atom is -0.392 e. The summed E-state index contributed by atoms with van der Waals surface area (Å²) in [7, 11) is 1.92. The summed E-state index contributed by atoms with van der Waals surface area (Å²) in [5.41, 5.74) is 2.57. The second-order valence-electron chi connectivity index (χ2n) is 2.91. The largest absolute Gasteiger partial charge is 0.392 e. The molecule has 0 aliphatic carbocycles. The zero-order valence-corrected chi connectivity index (χ0v) is 8.15. The van der Waals surface area contributed by atoms with E-state index < -0.39 is 0 Å². The van der Waals surface area contributed by atoms with E-state index in [4.69, 9.17) is 0 Å². The Morgan fingerprint density at radius 3 is 2.58 bits per heavy atom. The third-order valence-electron chi connectivity index (χ3n) is 2.03. The molecule has 0 spiro atoms. The molecule has 70 valence electrons. The molecular weight excluding hydrogens is 153 g/mol. The van der Waals surface area contributed by atoms with Gasteiger partial charge in [0, 0.05) is 12.7 Å². The van der Waals surface area contributed by atoms with Crippen molar-refractivity contribution in [2.45, 2.75) is 33.1 Å². The summed E-state index contributed by atoms with van der Waals surface area (Å²) in [5, 5.41) is 3.09. The van der Waals surface area contributed by atoms with E-state index in [9.17, 15) is 4.39 Å². The normalized spacial score (nSPS) is 13.3. The Morgan fingerprint density at radius 1 is 1.42 bits per heavy atom. The van der Waals surface area contributed by atoms with Crippen LogP contribution in [0, 0.1) is 0 Å². The number of nitrogens with one attached hydrogen (secondary N) is 1. The Labute approximate surface area is 74.4 Å². The van der Waals surface area contributed by atoms with Gasteiger partial charge in [0.05, 0.1) is 6.33 Å². The van der Waals surface area contributed by atoms with E-state index in [1.54, 1.807) is 6.08 Å². The number of unbranched alkanes of at least 4 members (excludes halogenated alkanes) is 1. The van der Waals surface area contributed by atoms with E-state index in [1.165, 1.54) is 11.3 Å². The van der Waals surface area contributed by atoms with Gasteiger partial charge in [-0.15, -0.1) is 0 Å². The molecule has 0 atom stereocenters. The lowest BCUT2D eigenvalue weighted by molar-refractivity contribution is 0.706. The second-order valence-corrected chi connectivity index (χ2v) is 2.91. The van der Waals surface area contributed by atoms with Gasteiger partial charge in [0.2, 0.25) is 0 Å². The Morgan fingerprint density at radius 2 is 2.08 bits per heavy atom. The lowest BCUT2D eigenvalue weighted by Gasteiger charge is -2.05. The highest BCUT2D eigenvalue weighted by molar-refractivity contribution is 5.06. The summed E-state index contributed by atoms with van der Waals surface area (Å²) in [6.45, 7) is 4.16. The number of rotatable bonds is 5. The van der Waals surface area contributed by atoms with Gasteiger partial charge in [-0.05, 0) is 33.1 Å². The molecule has 0 bridgehead atoms. The van der Waals surface area contributed by atoms with Crippen molar-refractivity contribution in [3.63, 3.8) is 0 Å². The predicted molar refractivity (Wildman–Crippen MR) is 51.5 cm³/mol. The maximum absolute atomic E-state index is 11.5. The fourth-order valence-corrected chi connectivity index (χ4v) is 0.949. The van der Waals surface area contributed by atoms with Crippen molar-refractivity contribution in [3.8, 4) is 0 Å². The first-order valence-corrected chi connectivity index (χ1v) is 4.31. The Kier molecular flexibility index (Phi) is 6.44. The summed E-state index contributed by atoms with van der Waals surface area (Å²) < 4.78 is 11.5. The first-order valence-electron chi connectivity index (χ1n) is 4.31. The quantitative estimate of drug-likeness (QED) is 0.626. The molecule has 0 saturated carbocycles. The fraction of sp³-hybridized carbons (Fsp3) is 0.600. The number of hydrogen-bond acceptors (Lipinski definition) is 1. The smallest absolute Gasteiger partial charge is 0.0827 e. The van der Waals surface area contributed by atoms with Gasteiger partial charge in [-0.1, -0.05) is 11.6 Å². The molecule has 1 nitrogen and oxygen atoms in total. The zero-order chi connectivity index (χ0) is 9.40. The zero-order valence-electron chi connectivity index (χ0n) is 8.15. The summed E-state index contributed by atoms with van der Waals surface area (Å²) in [4.78, 5) is 0. The van der Waals surface area contributed by atoms with Crippen molar-refractivity contribution in [1.82, 2.24) is 5.32 Å². The SMILES string of the molecule is CN/C(C)=C(/C)CCC/C=C/F. The molecule has 0 saturated heterocycles. The first kappa shape index (κ1) is 11.2. The van der Waals surface area contributed by atoms with Crippen LogP contribution < -0.4 is 5.32 Å². The van der Waals surface area contributed by atoms with Crippen LogP contribution in [0.1, 0.15) is 33.1 Å². The molecule has 0 radical (unpaired) electrons. The van der Waals surface area contributed by atoms with Crippen LogP contribution in [0.5, 0.6) is 0 Å². The van der Waals surface area contributed by atoms with Gasteiger partial charge in [-0.2, -0.15) is 0 Å². The van der Waals surface area contributed by atoms with E-state index in [1.807, 2.05) is 7.05 Å². The molecule has 0 amide bonds. The predicted octanol–water partition coefficient (Wildman–Crippen LogP) is 3.15. The average Bonchev–Trinajstić information content (AvgIpc) is 2.10. The molecule has 0 rings (SSSR count). The van der Waals surface area contributed by atoms with Crippen LogP contribution >= 0.6 is 0 Å². The van der Waals surface area contributed by atoms with Crippen LogP contribution in [0.15, 0.2) is 23.7 Å². The number of halogens is 1. The van der Waals surface area contributed by atoms with Crippen LogP contribution in [-0.2, 0) is 0 Å². The van der Waals surface area contributed by atoms with Crippen LogP contribution in [0.4, 0.5) is 4.39 Å². The topological polar surface area (TPSA) is 12.0 Å². The molecule has 0 aromatic rings. The summed E-state index contributed by atoms with van der Waals surface area (Å²) in [6, 6.07) is 0. The Hall–Kier alpha value is -0.790. The molecule has 0 fully saturated rings. The van der Waals surface area contributed by atoms with Crippen molar-refractivity contribution >= 4 is 0 Å². The third kappa shape index (κ3) is 4.94. The average molecular weight is 171 g/mol. The maximum atomic E-state index is 11.5. The summed E-state index contributed by atoms with van der Waals surface area (Å²) in [5.74, 6) is 0. The van der Waals surface area contributed by atoms with Gasteiger partial charge < -0.3 is 5.32 Å². The summed E-state index contributed by atoms with van der Waals surface area (Å²) in [6.07, 6.45) is 5.05. The van der Waals surface area contributed by atoms with E-state index in [0.717, 1.165) is 19.3 Å². The van der Waals surface area contributed by atoms with Gasteiger partial charge in [-0.25, -0.2) is 4.39 Å². The van der Waals surface area contributed by atoms with E-state index in [0.29, 0.717) is 6.33 Å². The van der Waals surface area contributed by atoms with Gasteiger partial charge in [0.15, 0.2) is 0 Å². The standard InChI is InChI=1S/C10H18FN/c1-9(10(2)12-3)7-5-4-6-8-11/h6,8,12H,4-5,7H2,1-3H3/b8-6+,10-9-. The van der Waals surface area contributed by atoms with Crippen molar-refractivity contribution < 1.29 is 4.39 Å². The van der Waals surface area contributed by atoms with E-state index in [2.05, 4.69) is 19.2 Å². The maximum Gasteiger partial charge on any atom is 0.0827 e. The Balaban J connectivity index is 3.63. The van der Waals surface area contributed by atoms with Crippen molar-refractivity contribution in [2.24, 2.45) is 0 Å². The van der Waals surface area contributed by atoms with Crippen LogP contribution in [-0.4, -0.2) is 7.05 Å². The lowest BCUT2D eigenvalue weighted by Crippen LogP contribution is -2.04. The Bertz CT molecular complexity index is 171. The molecular formula is C10H18FN. The van der Waals surface area contributed by atoms with Gasteiger partial charge in [-0.3, -0.25) is 0 Å². The number of allylic oxidation sites excluding steroid dienone is 3. The molecule has 0 aliphatic rings. The number of hydrogen-bond donors (Lipinski definition) is 1. The van der Waals surface area contributed by atoms with Gasteiger partial charge in [0.25, 0.3) is 0 Å². The molecule has 2 heteroatoms. The van der Waals surface area contributed by atoms with Crippen LogP contribution in [0.2, 0.25) is 0 Å². The van der Waals surface area contributed by atoms with E-state index >= 15 is 0 Å². The highest BCUT2D eigenvalue weighted by atomic mass is 19.1. The minimum atomic E-state index is 0.615. The highest BCUT2D eigenvalue weighted by Crippen LogP contribution is 2.09. The molecule has 0 aliphatic heterocycles. The van der Waals surface area contributed by atoms with Crippen molar-refractivity contribution in [2.75, 3.05) is 7.05 Å². The monoisotopic (exact) mass is 171 g/mol. The highest BCUT2D eigenvalue weighted by Gasteiger charge is 1.93. The summed E-state index contributed by atoms with van der Waals surface area (Å²) >= 11 is 0. The van der Waals surface area contributed by atoms with Crippen LogP contribution in [0.25, 0.3) is 0 Å². The van der Waals surface area contributed by atoms with Crippen molar-refractivity contribution in [3.05, 3.63) is 23.7 Å². The van der Waals surface area contributed by atoms with Crippen LogP contribution in [0.3, 0.4) is 0 Å². The minimum absolute atomic E-state index is 0.615. The molecule has 0 aromatic heterocycles. The molecule has 1 N–H and O–H groups in total. The molecule has 0 aromatic carbocycles. The molecule has 12 heavy (non-hydrogen) atoms. The fourth-order valence-electron chi connectivity index (χ4n) is 0.949. The first-order chi connectivity index (χ1) is 5.72. The third-order valence-corrected chi connectivity index (χ3v) is 2.03. The van der Waals surface area contributed by atoms with Crippen molar-refractivity contribution in [1.29, 1.82) is 0 Å². The van der Waals surface area contributed by atoms with E-state index in [-0.39, 0.29) is 0 Å². The van der Waals surface area contributed by atoms with Gasteiger partial charge in [0.1, 0.15) is 0 Å². The van der Waals surface area contributed by atoms with Gasteiger partial charge >= 0.3 is 0 Å². The second kappa shape index (κ2) is 6.89. The molecule has 0 unspecified atom stereocenters.